The third-order valence-corrected chi connectivity index (χ3v) is 2.95. The molecule has 0 radical (unpaired) electrons. The first kappa shape index (κ1) is 13.9. The minimum Gasteiger partial charge on any atom is -0.396 e. The molecule has 0 saturated carbocycles. The van der Waals surface area contributed by atoms with Crippen LogP contribution in [0.1, 0.15) is 53.4 Å². The number of aliphatic hydroxyl groups is 1. The highest BCUT2D eigenvalue weighted by Crippen LogP contribution is 2.14. The molecule has 86 valence electrons. The van der Waals surface area contributed by atoms with Gasteiger partial charge in [-0.25, -0.2) is 0 Å². The number of hydrogen-bond donors (Lipinski definition) is 2. The Morgan fingerprint density at radius 2 is 2.00 bits per heavy atom. The quantitative estimate of drug-likeness (QED) is 0.592. The van der Waals surface area contributed by atoms with Gasteiger partial charge in [0.15, 0.2) is 0 Å². The monoisotopic (exact) mass is 201 g/mol. The Morgan fingerprint density at radius 1 is 1.36 bits per heavy atom. The standard InChI is InChI=1S/C12H27NO/c1-5-12(4,8-10-14)13-9-6-7-11(2)3/h11,13-14H,5-10H2,1-4H3. The fraction of sp³-hybridized carbons (Fsp3) is 1.00. The molecule has 0 aliphatic carbocycles. The molecular weight excluding hydrogens is 174 g/mol. The van der Waals surface area contributed by atoms with Crippen molar-refractivity contribution >= 4 is 0 Å². The van der Waals surface area contributed by atoms with E-state index in [-0.39, 0.29) is 12.1 Å². The number of nitrogens with one attached hydrogen (secondary N) is 1. The van der Waals surface area contributed by atoms with Crippen LogP contribution in [-0.4, -0.2) is 23.8 Å². The molecule has 2 heteroatoms. The van der Waals surface area contributed by atoms with Crippen molar-refractivity contribution in [2.45, 2.75) is 58.9 Å². The number of aliphatic hydroxyl groups excluding tert-OH is 1. The molecule has 1 atom stereocenters. The van der Waals surface area contributed by atoms with Gasteiger partial charge >= 0.3 is 0 Å². The van der Waals surface area contributed by atoms with E-state index in [4.69, 9.17) is 5.11 Å². The smallest absolute Gasteiger partial charge is 0.0448 e. The van der Waals surface area contributed by atoms with Crippen LogP contribution in [0.15, 0.2) is 0 Å². The Kier molecular flexibility index (Phi) is 7.20. The van der Waals surface area contributed by atoms with Gasteiger partial charge < -0.3 is 10.4 Å². The van der Waals surface area contributed by atoms with Crippen LogP contribution in [-0.2, 0) is 0 Å². The first-order valence-electron chi connectivity index (χ1n) is 5.90. The summed E-state index contributed by atoms with van der Waals surface area (Å²) in [7, 11) is 0. The van der Waals surface area contributed by atoms with Crippen molar-refractivity contribution in [2.24, 2.45) is 5.92 Å². The van der Waals surface area contributed by atoms with E-state index in [1.807, 2.05) is 0 Å². The van der Waals surface area contributed by atoms with Gasteiger partial charge in [0, 0.05) is 12.1 Å². The highest BCUT2D eigenvalue weighted by molar-refractivity contribution is 4.80. The molecule has 0 fully saturated rings. The number of rotatable bonds is 8. The van der Waals surface area contributed by atoms with Crippen LogP contribution in [0.25, 0.3) is 0 Å². The van der Waals surface area contributed by atoms with Crippen LogP contribution in [0.4, 0.5) is 0 Å². The van der Waals surface area contributed by atoms with E-state index in [0.29, 0.717) is 0 Å². The van der Waals surface area contributed by atoms with Crippen molar-refractivity contribution in [2.75, 3.05) is 13.2 Å². The molecule has 2 N–H and O–H groups in total. The Morgan fingerprint density at radius 3 is 2.43 bits per heavy atom. The molecule has 14 heavy (non-hydrogen) atoms. The Hall–Kier alpha value is -0.0800. The van der Waals surface area contributed by atoms with Crippen molar-refractivity contribution in [3.05, 3.63) is 0 Å². The summed E-state index contributed by atoms with van der Waals surface area (Å²) in [6.45, 7) is 10.2. The van der Waals surface area contributed by atoms with Gasteiger partial charge in [0.25, 0.3) is 0 Å². The predicted octanol–water partition coefficient (Wildman–Crippen LogP) is 2.56. The molecule has 0 rings (SSSR count). The average molecular weight is 201 g/mol. The van der Waals surface area contributed by atoms with Crippen LogP contribution in [0.2, 0.25) is 0 Å². The van der Waals surface area contributed by atoms with Crippen molar-refractivity contribution in [3.63, 3.8) is 0 Å². The Labute approximate surface area is 89.1 Å². The molecule has 0 aliphatic rings. The van der Waals surface area contributed by atoms with Gasteiger partial charge in [-0.05, 0) is 45.1 Å². The van der Waals surface area contributed by atoms with Gasteiger partial charge in [-0.3, -0.25) is 0 Å². The van der Waals surface area contributed by atoms with Crippen molar-refractivity contribution in [1.82, 2.24) is 5.32 Å². The zero-order chi connectivity index (χ0) is 11.0. The Bertz CT molecular complexity index is 136. The summed E-state index contributed by atoms with van der Waals surface area (Å²) in [5.74, 6) is 0.794. The summed E-state index contributed by atoms with van der Waals surface area (Å²) in [5.41, 5.74) is 0.131. The number of hydrogen-bond acceptors (Lipinski definition) is 2. The van der Waals surface area contributed by atoms with E-state index in [2.05, 4.69) is 33.0 Å². The summed E-state index contributed by atoms with van der Waals surface area (Å²) in [4.78, 5) is 0. The van der Waals surface area contributed by atoms with Crippen LogP contribution in [0, 0.1) is 5.92 Å². The maximum absolute atomic E-state index is 8.94. The molecule has 0 heterocycles. The predicted molar refractivity (Wildman–Crippen MR) is 62.5 cm³/mol. The summed E-state index contributed by atoms with van der Waals surface area (Å²) in [6, 6.07) is 0. The first-order valence-corrected chi connectivity index (χ1v) is 5.90. The van der Waals surface area contributed by atoms with Crippen molar-refractivity contribution < 1.29 is 5.11 Å². The minimum atomic E-state index is 0.131. The van der Waals surface area contributed by atoms with Crippen LogP contribution >= 0.6 is 0 Å². The fourth-order valence-corrected chi connectivity index (χ4v) is 1.54. The zero-order valence-corrected chi connectivity index (χ0v) is 10.3. The average Bonchev–Trinajstić information content (AvgIpc) is 2.13. The lowest BCUT2D eigenvalue weighted by Gasteiger charge is -2.29. The van der Waals surface area contributed by atoms with Crippen LogP contribution in [0.5, 0.6) is 0 Å². The summed E-state index contributed by atoms with van der Waals surface area (Å²) in [6.07, 6.45) is 4.45. The maximum atomic E-state index is 8.94. The second-order valence-electron chi connectivity index (χ2n) is 4.85. The van der Waals surface area contributed by atoms with Crippen LogP contribution in [0.3, 0.4) is 0 Å². The van der Waals surface area contributed by atoms with Gasteiger partial charge in [-0.1, -0.05) is 20.8 Å². The van der Waals surface area contributed by atoms with Crippen molar-refractivity contribution in [3.8, 4) is 0 Å². The largest absolute Gasteiger partial charge is 0.396 e. The molecule has 1 unspecified atom stereocenters. The highest BCUT2D eigenvalue weighted by atomic mass is 16.3. The minimum absolute atomic E-state index is 0.131. The van der Waals surface area contributed by atoms with Crippen LogP contribution < -0.4 is 5.32 Å². The lowest BCUT2D eigenvalue weighted by molar-refractivity contribution is 0.215. The molecule has 0 bridgehead atoms. The van der Waals surface area contributed by atoms with Gasteiger partial charge in [0.1, 0.15) is 0 Å². The van der Waals surface area contributed by atoms with Gasteiger partial charge in [0.2, 0.25) is 0 Å². The molecule has 0 spiro atoms. The fourth-order valence-electron chi connectivity index (χ4n) is 1.54. The molecule has 2 nitrogen and oxygen atoms in total. The molecular formula is C12H27NO. The normalized spacial score (nSPS) is 15.9. The summed E-state index contributed by atoms with van der Waals surface area (Å²) < 4.78 is 0. The van der Waals surface area contributed by atoms with Crippen molar-refractivity contribution in [1.29, 1.82) is 0 Å². The van der Waals surface area contributed by atoms with E-state index in [1.165, 1.54) is 12.8 Å². The summed E-state index contributed by atoms with van der Waals surface area (Å²) >= 11 is 0. The van der Waals surface area contributed by atoms with E-state index in [1.54, 1.807) is 0 Å². The lowest BCUT2D eigenvalue weighted by Crippen LogP contribution is -2.43. The third-order valence-electron chi connectivity index (χ3n) is 2.95. The van der Waals surface area contributed by atoms with Gasteiger partial charge in [-0.2, -0.15) is 0 Å². The third kappa shape index (κ3) is 6.39. The second-order valence-corrected chi connectivity index (χ2v) is 4.85. The topological polar surface area (TPSA) is 32.3 Å². The molecule has 0 aromatic rings. The SMILES string of the molecule is CCC(C)(CCO)NCCCC(C)C. The lowest BCUT2D eigenvalue weighted by atomic mass is 9.94. The van der Waals surface area contributed by atoms with E-state index < -0.39 is 0 Å². The van der Waals surface area contributed by atoms with E-state index in [9.17, 15) is 0 Å². The molecule has 0 amide bonds. The van der Waals surface area contributed by atoms with E-state index in [0.717, 1.165) is 25.3 Å². The van der Waals surface area contributed by atoms with E-state index >= 15 is 0 Å². The molecule has 0 aliphatic heterocycles. The molecule has 0 aromatic heterocycles. The van der Waals surface area contributed by atoms with Gasteiger partial charge in [-0.15, -0.1) is 0 Å². The molecule has 0 saturated heterocycles. The molecule has 0 aromatic carbocycles. The Balaban J connectivity index is 3.61. The van der Waals surface area contributed by atoms with Gasteiger partial charge in [0.05, 0.1) is 0 Å². The summed E-state index contributed by atoms with van der Waals surface area (Å²) in [5, 5.41) is 12.5. The zero-order valence-electron chi connectivity index (χ0n) is 10.3. The first-order chi connectivity index (χ1) is 6.54. The maximum Gasteiger partial charge on any atom is 0.0448 e. The second kappa shape index (κ2) is 7.24. The highest BCUT2D eigenvalue weighted by Gasteiger charge is 2.19.